The number of nitrogens with zero attached hydrogens (tertiary/aromatic N) is 1. The van der Waals surface area contributed by atoms with Gasteiger partial charge in [-0.05, 0) is 38.5 Å². The van der Waals surface area contributed by atoms with Gasteiger partial charge in [-0.15, -0.1) is 0 Å². The molecule has 6 nitrogen and oxygen atoms in total. The Morgan fingerprint density at radius 1 is 1.35 bits per heavy atom. The Hall–Kier alpha value is -2.67. The molecule has 0 aliphatic carbocycles. The third-order valence-electron chi connectivity index (χ3n) is 4.74. The molecule has 1 atom stereocenters. The highest BCUT2D eigenvalue weighted by Crippen LogP contribution is 2.26. The van der Waals surface area contributed by atoms with Crippen LogP contribution in [0, 0.1) is 19.7 Å². The Kier molecular flexibility index (Phi) is 5.08. The number of ether oxygens (including phenoxy) is 1. The fraction of sp³-hybridized carbons (Fsp3) is 0.368. The van der Waals surface area contributed by atoms with E-state index in [9.17, 15) is 14.0 Å². The van der Waals surface area contributed by atoms with Crippen LogP contribution in [0.15, 0.2) is 24.3 Å². The number of aryl methyl sites for hydroxylation is 1. The fourth-order valence-electron chi connectivity index (χ4n) is 3.39. The van der Waals surface area contributed by atoms with Crippen LogP contribution >= 0.6 is 0 Å². The van der Waals surface area contributed by atoms with E-state index in [1.807, 2.05) is 19.9 Å². The van der Waals surface area contributed by atoms with Gasteiger partial charge in [0.05, 0.1) is 23.8 Å². The fourth-order valence-corrected chi connectivity index (χ4v) is 3.39. The lowest BCUT2D eigenvalue weighted by atomic mass is 10.1. The second-order valence-electron chi connectivity index (χ2n) is 6.47. The van der Waals surface area contributed by atoms with Crippen LogP contribution in [0.5, 0.6) is 0 Å². The third-order valence-corrected chi connectivity index (χ3v) is 4.74. The molecule has 0 radical (unpaired) electrons. The van der Waals surface area contributed by atoms with Crippen molar-refractivity contribution in [3.05, 3.63) is 58.2 Å². The minimum absolute atomic E-state index is 0.0131. The Bertz CT molecular complexity index is 853. The van der Waals surface area contributed by atoms with Gasteiger partial charge in [0.1, 0.15) is 5.82 Å². The van der Waals surface area contributed by atoms with Crippen molar-refractivity contribution in [1.29, 1.82) is 0 Å². The zero-order valence-corrected chi connectivity index (χ0v) is 14.7. The molecule has 0 bridgehead atoms. The molecule has 1 aliphatic rings. The second kappa shape index (κ2) is 7.29. The number of amides is 1. The van der Waals surface area contributed by atoms with Crippen LogP contribution < -0.4 is 5.32 Å². The van der Waals surface area contributed by atoms with E-state index < -0.39 is 11.8 Å². The molecule has 138 valence electrons. The van der Waals surface area contributed by atoms with Crippen LogP contribution in [-0.2, 0) is 11.3 Å². The van der Waals surface area contributed by atoms with E-state index in [0.717, 1.165) is 30.5 Å². The summed E-state index contributed by atoms with van der Waals surface area (Å²) in [7, 11) is 0. The molecule has 1 unspecified atom stereocenters. The van der Waals surface area contributed by atoms with Crippen molar-refractivity contribution >= 4 is 11.9 Å². The van der Waals surface area contributed by atoms with E-state index in [1.165, 1.54) is 12.1 Å². The molecular formula is C19H21FN2O4. The molecule has 3 rings (SSSR count). The number of hydrogen-bond donors (Lipinski definition) is 2. The molecule has 1 fully saturated rings. The number of nitrogens with one attached hydrogen (secondary N) is 1. The summed E-state index contributed by atoms with van der Waals surface area (Å²) in [4.78, 5) is 23.4. The summed E-state index contributed by atoms with van der Waals surface area (Å²) >= 11 is 0. The number of carbonyl (C=O) groups excluding carboxylic acids is 1. The maximum atomic E-state index is 14.0. The molecule has 0 saturated carbocycles. The number of halogens is 1. The molecule has 26 heavy (non-hydrogen) atoms. The molecular weight excluding hydrogens is 339 g/mol. The van der Waals surface area contributed by atoms with Crippen LogP contribution in [0.2, 0.25) is 0 Å². The Balaban J connectivity index is 1.73. The number of aromatic carboxylic acids is 1. The lowest BCUT2D eigenvalue weighted by Crippen LogP contribution is -2.24. The number of carbonyl (C=O) groups is 2. The Labute approximate surface area is 150 Å². The molecule has 2 heterocycles. The van der Waals surface area contributed by atoms with Crippen LogP contribution in [-0.4, -0.2) is 34.8 Å². The van der Waals surface area contributed by atoms with Gasteiger partial charge in [-0.3, -0.25) is 4.79 Å². The number of rotatable bonds is 5. The number of carboxylic acids is 1. The first kappa shape index (κ1) is 18.1. The van der Waals surface area contributed by atoms with E-state index in [4.69, 9.17) is 9.84 Å². The highest BCUT2D eigenvalue weighted by atomic mass is 19.1. The average molecular weight is 360 g/mol. The Morgan fingerprint density at radius 3 is 2.73 bits per heavy atom. The van der Waals surface area contributed by atoms with Crippen LogP contribution in [0.25, 0.3) is 0 Å². The summed E-state index contributed by atoms with van der Waals surface area (Å²) in [5.41, 5.74) is 2.51. The molecule has 1 amide bonds. The lowest BCUT2D eigenvalue weighted by Gasteiger charge is -2.16. The van der Waals surface area contributed by atoms with Gasteiger partial charge in [0.2, 0.25) is 0 Å². The Morgan fingerprint density at radius 2 is 2.12 bits per heavy atom. The number of hydrogen-bond acceptors (Lipinski definition) is 3. The lowest BCUT2D eigenvalue weighted by molar-refractivity contribution is 0.0696. The van der Waals surface area contributed by atoms with Gasteiger partial charge in [0, 0.05) is 30.1 Å². The van der Waals surface area contributed by atoms with E-state index in [-0.39, 0.29) is 29.6 Å². The van der Waals surface area contributed by atoms with Gasteiger partial charge in [-0.1, -0.05) is 6.07 Å². The normalized spacial score (nSPS) is 16.7. The van der Waals surface area contributed by atoms with Crippen molar-refractivity contribution in [3.8, 4) is 0 Å². The quantitative estimate of drug-likeness (QED) is 0.859. The minimum Gasteiger partial charge on any atom is -0.478 e. The first-order valence-corrected chi connectivity index (χ1v) is 8.44. The second-order valence-corrected chi connectivity index (χ2v) is 6.47. The summed E-state index contributed by atoms with van der Waals surface area (Å²) in [5.74, 6) is -2.13. The van der Waals surface area contributed by atoms with Gasteiger partial charge in [0.15, 0.2) is 0 Å². The van der Waals surface area contributed by atoms with Crippen molar-refractivity contribution in [2.24, 2.45) is 0 Å². The standard InChI is InChI=1S/C19H21FN2O4/c1-11-7-16(12(2)22(11)15-5-6-26-10-15)18(23)21-9-14-4-3-13(19(24)25)8-17(14)20/h3-4,7-8,15H,5-6,9-10H2,1-2H3,(H,21,23)(H,24,25). The van der Waals surface area contributed by atoms with Crippen molar-refractivity contribution < 1.29 is 23.8 Å². The molecule has 1 aromatic heterocycles. The van der Waals surface area contributed by atoms with E-state index in [2.05, 4.69) is 9.88 Å². The van der Waals surface area contributed by atoms with Crippen molar-refractivity contribution in [2.75, 3.05) is 13.2 Å². The van der Waals surface area contributed by atoms with Gasteiger partial charge < -0.3 is 19.7 Å². The third kappa shape index (κ3) is 3.48. The number of carboxylic acid groups (broad SMARTS) is 1. The minimum atomic E-state index is -1.19. The van der Waals surface area contributed by atoms with E-state index in [0.29, 0.717) is 12.2 Å². The van der Waals surface area contributed by atoms with Crippen LogP contribution in [0.3, 0.4) is 0 Å². The average Bonchev–Trinajstić information content (AvgIpc) is 3.21. The van der Waals surface area contributed by atoms with E-state index >= 15 is 0 Å². The summed E-state index contributed by atoms with van der Waals surface area (Å²) in [6.07, 6.45) is 0.915. The number of aromatic nitrogens is 1. The molecule has 7 heteroatoms. The van der Waals surface area contributed by atoms with E-state index in [1.54, 1.807) is 0 Å². The molecule has 2 N–H and O–H groups in total. The number of benzene rings is 1. The summed E-state index contributed by atoms with van der Waals surface area (Å²) in [6.45, 7) is 5.18. The van der Waals surface area contributed by atoms with Crippen LogP contribution in [0.4, 0.5) is 4.39 Å². The van der Waals surface area contributed by atoms with Crippen molar-refractivity contribution in [3.63, 3.8) is 0 Å². The SMILES string of the molecule is Cc1cc(C(=O)NCc2ccc(C(=O)O)cc2F)c(C)n1C1CCOC1. The largest absolute Gasteiger partial charge is 0.478 e. The first-order valence-electron chi connectivity index (χ1n) is 8.44. The summed E-state index contributed by atoms with van der Waals surface area (Å²) < 4.78 is 21.5. The van der Waals surface area contributed by atoms with Gasteiger partial charge >= 0.3 is 5.97 Å². The monoisotopic (exact) mass is 360 g/mol. The van der Waals surface area contributed by atoms with Gasteiger partial charge in [-0.2, -0.15) is 0 Å². The van der Waals surface area contributed by atoms with Crippen LogP contribution in [0.1, 0.15) is 50.1 Å². The summed E-state index contributed by atoms with van der Waals surface area (Å²) in [6, 6.07) is 5.71. The maximum Gasteiger partial charge on any atom is 0.335 e. The smallest absolute Gasteiger partial charge is 0.335 e. The zero-order valence-electron chi connectivity index (χ0n) is 14.7. The van der Waals surface area contributed by atoms with Crippen molar-refractivity contribution in [2.45, 2.75) is 32.9 Å². The first-order chi connectivity index (χ1) is 12.4. The predicted molar refractivity (Wildman–Crippen MR) is 92.9 cm³/mol. The maximum absolute atomic E-state index is 14.0. The zero-order chi connectivity index (χ0) is 18.8. The van der Waals surface area contributed by atoms with Gasteiger partial charge in [-0.25, -0.2) is 9.18 Å². The van der Waals surface area contributed by atoms with Gasteiger partial charge in [0.25, 0.3) is 5.91 Å². The molecule has 1 saturated heterocycles. The predicted octanol–water partition coefficient (Wildman–Crippen LogP) is 2.83. The highest BCUT2D eigenvalue weighted by molar-refractivity contribution is 5.95. The molecule has 1 aromatic carbocycles. The molecule has 2 aromatic rings. The topological polar surface area (TPSA) is 80.6 Å². The highest BCUT2D eigenvalue weighted by Gasteiger charge is 2.24. The van der Waals surface area contributed by atoms with Crippen molar-refractivity contribution in [1.82, 2.24) is 9.88 Å². The molecule has 1 aliphatic heterocycles. The summed E-state index contributed by atoms with van der Waals surface area (Å²) in [5, 5.41) is 11.6. The molecule has 0 spiro atoms.